The van der Waals surface area contributed by atoms with Crippen molar-refractivity contribution in [3.8, 4) is 0 Å². The van der Waals surface area contributed by atoms with Gasteiger partial charge in [-0.1, -0.05) is 19.9 Å². The van der Waals surface area contributed by atoms with Gasteiger partial charge in [0.1, 0.15) is 0 Å². The van der Waals surface area contributed by atoms with E-state index < -0.39 is 0 Å². The SMILES string of the molecule is CC(C)c1cnc2c(c1)C(N)CC2. The summed E-state index contributed by atoms with van der Waals surface area (Å²) in [5.74, 6) is 0.547. The molecule has 0 spiro atoms. The zero-order valence-corrected chi connectivity index (χ0v) is 8.25. The van der Waals surface area contributed by atoms with Crippen molar-refractivity contribution in [2.75, 3.05) is 0 Å². The lowest BCUT2D eigenvalue weighted by Crippen LogP contribution is -2.06. The average Bonchev–Trinajstić information content (AvgIpc) is 2.47. The van der Waals surface area contributed by atoms with E-state index in [1.165, 1.54) is 16.8 Å². The maximum Gasteiger partial charge on any atom is 0.0452 e. The molecule has 2 nitrogen and oxygen atoms in total. The molecular weight excluding hydrogens is 160 g/mol. The molecule has 0 aliphatic heterocycles. The quantitative estimate of drug-likeness (QED) is 0.712. The Kier molecular flexibility index (Phi) is 2.08. The van der Waals surface area contributed by atoms with Crippen molar-refractivity contribution in [2.45, 2.75) is 38.6 Å². The minimum absolute atomic E-state index is 0.223. The fraction of sp³-hybridized carbons (Fsp3) is 0.545. The van der Waals surface area contributed by atoms with Gasteiger partial charge in [-0.15, -0.1) is 0 Å². The van der Waals surface area contributed by atoms with Crippen LogP contribution in [0, 0.1) is 0 Å². The van der Waals surface area contributed by atoms with Crippen molar-refractivity contribution in [2.24, 2.45) is 5.73 Å². The zero-order chi connectivity index (χ0) is 9.42. The monoisotopic (exact) mass is 176 g/mol. The molecule has 0 fully saturated rings. The second kappa shape index (κ2) is 3.11. The summed E-state index contributed by atoms with van der Waals surface area (Å²) >= 11 is 0. The predicted molar refractivity (Wildman–Crippen MR) is 53.6 cm³/mol. The Morgan fingerprint density at radius 1 is 1.54 bits per heavy atom. The number of nitrogens with zero attached hydrogens (tertiary/aromatic N) is 1. The van der Waals surface area contributed by atoms with Gasteiger partial charge in [0, 0.05) is 17.9 Å². The Labute approximate surface area is 79.2 Å². The van der Waals surface area contributed by atoms with E-state index >= 15 is 0 Å². The molecule has 0 radical (unpaired) electrons. The summed E-state index contributed by atoms with van der Waals surface area (Å²) in [4.78, 5) is 4.45. The van der Waals surface area contributed by atoms with Crippen molar-refractivity contribution in [3.63, 3.8) is 0 Å². The summed E-state index contributed by atoms with van der Waals surface area (Å²) in [5.41, 5.74) is 9.75. The molecular formula is C11H16N2. The number of pyridine rings is 1. The third-order valence-electron chi connectivity index (χ3n) is 2.78. The van der Waals surface area contributed by atoms with Gasteiger partial charge in [0.25, 0.3) is 0 Å². The van der Waals surface area contributed by atoms with Crippen LogP contribution in [0.5, 0.6) is 0 Å². The van der Waals surface area contributed by atoms with Crippen LogP contribution in [0.2, 0.25) is 0 Å². The molecule has 0 aromatic carbocycles. The molecule has 0 amide bonds. The molecule has 70 valence electrons. The van der Waals surface area contributed by atoms with E-state index in [9.17, 15) is 0 Å². The molecule has 1 aliphatic carbocycles. The maximum atomic E-state index is 5.98. The van der Waals surface area contributed by atoms with Gasteiger partial charge in [-0.05, 0) is 29.9 Å². The van der Waals surface area contributed by atoms with E-state index in [4.69, 9.17) is 5.73 Å². The van der Waals surface area contributed by atoms with Gasteiger partial charge in [0.05, 0.1) is 0 Å². The van der Waals surface area contributed by atoms with Gasteiger partial charge >= 0.3 is 0 Å². The van der Waals surface area contributed by atoms with Crippen molar-refractivity contribution >= 4 is 0 Å². The standard InChI is InChI=1S/C11H16N2/c1-7(2)8-5-9-10(12)3-4-11(9)13-6-8/h5-7,10H,3-4,12H2,1-2H3. The first kappa shape index (κ1) is 8.70. The summed E-state index contributed by atoms with van der Waals surface area (Å²) in [5, 5.41) is 0. The summed E-state index contributed by atoms with van der Waals surface area (Å²) in [6.45, 7) is 4.37. The third kappa shape index (κ3) is 1.46. The summed E-state index contributed by atoms with van der Waals surface area (Å²) in [7, 11) is 0. The van der Waals surface area contributed by atoms with Crippen LogP contribution in [0.4, 0.5) is 0 Å². The molecule has 1 heterocycles. The smallest absolute Gasteiger partial charge is 0.0452 e. The molecule has 13 heavy (non-hydrogen) atoms. The van der Waals surface area contributed by atoms with Crippen LogP contribution in [0.3, 0.4) is 0 Å². The lowest BCUT2D eigenvalue weighted by Gasteiger charge is -2.09. The molecule has 1 aromatic rings. The summed E-state index contributed by atoms with van der Waals surface area (Å²) in [6, 6.07) is 2.45. The maximum absolute atomic E-state index is 5.98. The Morgan fingerprint density at radius 2 is 2.31 bits per heavy atom. The normalized spacial score (nSPS) is 20.8. The van der Waals surface area contributed by atoms with E-state index in [-0.39, 0.29) is 6.04 Å². The molecule has 0 saturated carbocycles. The van der Waals surface area contributed by atoms with Crippen LogP contribution in [-0.4, -0.2) is 4.98 Å². The highest BCUT2D eigenvalue weighted by Crippen LogP contribution is 2.29. The molecule has 1 aliphatic rings. The molecule has 0 saturated heterocycles. The fourth-order valence-corrected chi connectivity index (χ4v) is 1.82. The fourth-order valence-electron chi connectivity index (χ4n) is 1.82. The first-order chi connectivity index (χ1) is 6.18. The van der Waals surface area contributed by atoms with Crippen molar-refractivity contribution < 1.29 is 0 Å². The van der Waals surface area contributed by atoms with Crippen LogP contribution in [0.1, 0.15) is 49.0 Å². The Hall–Kier alpha value is -0.890. The van der Waals surface area contributed by atoms with Crippen LogP contribution < -0.4 is 5.73 Å². The second-order valence-corrected chi connectivity index (χ2v) is 4.10. The number of aryl methyl sites for hydroxylation is 1. The van der Waals surface area contributed by atoms with Crippen molar-refractivity contribution in [3.05, 3.63) is 29.1 Å². The lowest BCUT2D eigenvalue weighted by molar-refractivity contribution is 0.711. The first-order valence-electron chi connectivity index (χ1n) is 4.93. The van der Waals surface area contributed by atoms with Crippen LogP contribution >= 0.6 is 0 Å². The van der Waals surface area contributed by atoms with E-state index in [2.05, 4.69) is 24.9 Å². The Balaban J connectivity index is 2.42. The molecule has 0 bridgehead atoms. The van der Waals surface area contributed by atoms with Crippen LogP contribution in [0.25, 0.3) is 0 Å². The number of nitrogens with two attached hydrogens (primary N) is 1. The first-order valence-corrected chi connectivity index (χ1v) is 4.93. The highest BCUT2D eigenvalue weighted by molar-refractivity contribution is 5.33. The van der Waals surface area contributed by atoms with E-state index in [1.54, 1.807) is 0 Å². The van der Waals surface area contributed by atoms with Gasteiger partial charge < -0.3 is 5.73 Å². The van der Waals surface area contributed by atoms with Gasteiger partial charge in [-0.3, -0.25) is 4.98 Å². The number of rotatable bonds is 1. The van der Waals surface area contributed by atoms with Crippen LogP contribution in [-0.2, 0) is 6.42 Å². The molecule has 2 rings (SSSR count). The van der Waals surface area contributed by atoms with Crippen molar-refractivity contribution in [1.29, 1.82) is 0 Å². The zero-order valence-electron chi connectivity index (χ0n) is 8.25. The van der Waals surface area contributed by atoms with Crippen molar-refractivity contribution in [1.82, 2.24) is 4.98 Å². The Bertz CT molecular complexity index is 318. The molecule has 1 unspecified atom stereocenters. The summed E-state index contributed by atoms with van der Waals surface area (Å²) < 4.78 is 0. The number of fused-ring (bicyclic) bond motifs is 1. The van der Waals surface area contributed by atoms with E-state index in [1.807, 2.05) is 6.20 Å². The number of hydrogen-bond acceptors (Lipinski definition) is 2. The second-order valence-electron chi connectivity index (χ2n) is 4.10. The summed E-state index contributed by atoms with van der Waals surface area (Å²) in [6.07, 6.45) is 4.10. The molecule has 1 aromatic heterocycles. The predicted octanol–water partition coefficient (Wildman–Crippen LogP) is 2.15. The number of hydrogen-bond donors (Lipinski definition) is 1. The van der Waals surface area contributed by atoms with E-state index in [0.29, 0.717) is 5.92 Å². The molecule has 2 heteroatoms. The largest absolute Gasteiger partial charge is 0.324 e. The average molecular weight is 176 g/mol. The third-order valence-corrected chi connectivity index (χ3v) is 2.78. The Morgan fingerprint density at radius 3 is 3.00 bits per heavy atom. The van der Waals surface area contributed by atoms with Gasteiger partial charge in [0.15, 0.2) is 0 Å². The topological polar surface area (TPSA) is 38.9 Å². The highest BCUT2D eigenvalue weighted by Gasteiger charge is 2.20. The van der Waals surface area contributed by atoms with Gasteiger partial charge in [-0.25, -0.2) is 0 Å². The van der Waals surface area contributed by atoms with Crippen LogP contribution in [0.15, 0.2) is 12.3 Å². The van der Waals surface area contributed by atoms with E-state index in [0.717, 1.165) is 12.8 Å². The minimum Gasteiger partial charge on any atom is -0.324 e. The van der Waals surface area contributed by atoms with Gasteiger partial charge in [0.2, 0.25) is 0 Å². The molecule has 2 N–H and O–H groups in total. The lowest BCUT2D eigenvalue weighted by atomic mass is 10.0. The molecule has 1 atom stereocenters. The number of aromatic nitrogens is 1. The van der Waals surface area contributed by atoms with Gasteiger partial charge in [-0.2, -0.15) is 0 Å². The minimum atomic E-state index is 0.223. The highest BCUT2D eigenvalue weighted by atomic mass is 14.7.